The van der Waals surface area contributed by atoms with Gasteiger partial charge in [0.1, 0.15) is 16.2 Å². The van der Waals surface area contributed by atoms with Gasteiger partial charge in [-0.2, -0.15) is 8.42 Å². The number of hydrogen-bond donors (Lipinski definition) is 0. The number of rotatable bonds is 4. The monoisotopic (exact) mass is 344 g/mol. The first-order valence-electron chi connectivity index (χ1n) is 7.43. The predicted molar refractivity (Wildman–Crippen MR) is 90.8 cm³/mol. The zero-order chi connectivity index (χ0) is 17.3. The van der Waals surface area contributed by atoms with Crippen molar-refractivity contribution in [1.82, 2.24) is 0 Å². The van der Waals surface area contributed by atoms with E-state index in [1.807, 2.05) is 12.1 Å². The average molecular weight is 344 g/mol. The van der Waals surface area contributed by atoms with E-state index in [0.29, 0.717) is 16.9 Å². The van der Waals surface area contributed by atoms with E-state index in [1.54, 1.807) is 12.1 Å². The van der Waals surface area contributed by atoms with Gasteiger partial charge in [-0.1, -0.05) is 26.0 Å². The maximum absolute atomic E-state index is 12.4. The van der Waals surface area contributed by atoms with Crippen molar-refractivity contribution < 1.29 is 17.0 Å². The molecule has 24 heavy (non-hydrogen) atoms. The zero-order valence-electron chi connectivity index (χ0n) is 13.2. The van der Waals surface area contributed by atoms with Crippen LogP contribution in [0.25, 0.3) is 11.0 Å². The molecule has 0 N–H and O–H groups in total. The van der Waals surface area contributed by atoms with Gasteiger partial charge in [0.15, 0.2) is 0 Å². The van der Waals surface area contributed by atoms with Crippen molar-refractivity contribution in [3.8, 4) is 5.75 Å². The van der Waals surface area contributed by atoms with Crippen molar-refractivity contribution in [1.29, 1.82) is 0 Å². The summed E-state index contributed by atoms with van der Waals surface area (Å²) in [5, 5.41) is 0.509. The van der Waals surface area contributed by atoms with Gasteiger partial charge in [0.25, 0.3) is 0 Å². The van der Waals surface area contributed by atoms with Crippen LogP contribution in [0.5, 0.6) is 5.75 Å². The Balaban J connectivity index is 1.92. The van der Waals surface area contributed by atoms with Gasteiger partial charge >= 0.3 is 15.7 Å². The third kappa shape index (κ3) is 3.33. The summed E-state index contributed by atoms with van der Waals surface area (Å²) in [5.74, 6) is 0.602. The molecular formula is C18H16O5S. The molecule has 0 unspecified atom stereocenters. The molecule has 0 radical (unpaired) electrons. The molecule has 3 rings (SSSR count). The van der Waals surface area contributed by atoms with Crippen LogP contribution in [0, 0.1) is 0 Å². The van der Waals surface area contributed by atoms with Gasteiger partial charge in [0.05, 0.1) is 0 Å². The first kappa shape index (κ1) is 16.3. The van der Waals surface area contributed by atoms with Crippen molar-refractivity contribution in [2.24, 2.45) is 0 Å². The smallest absolute Gasteiger partial charge is 0.339 e. The Labute approximate surface area is 139 Å². The Morgan fingerprint density at radius 3 is 2.33 bits per heavy atom. The third-order valence-electron chi connectivity index (χ3n) is 3.63. The molecule has 0 aliphatic carbocycles. The second-order valence-corrected chi connectivity index (χ2v) is 7.26. The molecule has 0 spiro atoms. The topological polar surface area (TPSA) is 73.6 Å². The maximum atomic E-state index is 12.4. The summed E-state index contributed by atoms with van der Waals surface area (Å²) in [6, 6.07) is 13.9. The highest BCUT2D eigenvalue weighted by molar-refractivity contribution is 7.87. The van der Waals surface area contributed by atoms with Crippen molar-refractivity contribution in [2.45, 2.75) is 24.7 Å². The average Bonchev–Trinajstić information content (AvgIpc) is 2.54. The second kappa shape index (κ2) is 6.13. The van der Waals surface area contributed by atoms with E-state index in [9.17, 15) is 13.2 Å². The van der Waals surface area contributed by atoms with E-state index in [4.69, 9.17) is 8.60 Å². The molecule has 0 aliphatic rings. The lowest BCUT2D eigenvalue weighted by Gasteiger charge is -2.09. The van der Waals surface area contributed by atoms with Crippen LogP contribution in [0.1, 0.15) is 25.3 Å². The molecule has 0 saturated heterocycles. The van der Waals surface area contributed by atoms with E-state index < -0.39 is 15.7 Å². The van der Waals surface area contributed by atoms with E-state index in [0.717, 1.165) is 5.56 Å². The molecule has 1 heterocycles. The minimum atomic E-state index is -3.97. The summed E-state index contributed by atoms with van der Waals surface area (Å²) in [6.07, 6.45) is 0. The summed E-state index contributed by atoms with van der Waals surface area (Å²) in [7, 11) is -3.97. The van der Waals surface area contributed by atoms with Crippen LogP contribution in [0.15, 0.2) is 68.7 Å². The molecule has 0 bridgehead atoms. The van der Waals surface area contributed by atoms with Crippen LogP contribution in [-0.4, -0.2) is 8.42 Å². The van der Waals surface area contributed by atoms with Gasteiger partial charge in [-0.15, -0.1) is 0 Å². The molecule has 0 aliphatic heterocycles. The maximum Gasteiger partial charge on any atom is 0.339 e. The highest BCUT2D eigenvalue weighted by Gasteiger charge is 2.17. The zero-order valence-corrected chi connectivity index (χ0v) is 14.0. The summed E-state index contributed by atoms with van der Waals surface area (Å²) in [4.78, 5) is 11.2. The minimum Gasteiger partial charge on any atom is -0.423 e. The van der Waals surface area contributed by atoms with Gasteiger partial charge < -0.3 is 8.60 Å². The summed E-state index contributed by atoms with van der Waals surface area (Å²) >= 11 is 0. The Bertz CT molecular complexity index is 1030. The van der Waals surface area contributed by atoms with E-state index >= 15 is 0 Å². The first-order valence-corrected chi connectivity index (χ1v) is 8.84. The molecule has 0 amide bonds. The number of benzene rings is 2. The van der Waals surface area contributed by atoms with E-state index in [1.165, 1.54) is 30.3 Å². The Hall–Kier alpha value is -2.60. The number of fused-ring (bicyclic) bond motifs is 1. The van der Waals surface area contributed by atoms with Crippen molar-refractivity contribution >= 4 is 21.1 Å². The molecule has 3 aromatic rings. The van der Waals surface area contributed by atoms with Gasteiger partial charge in [0, 0.05) is 11.5 Å². The van der Waals surface area contributed by atoms with E-state index in [-0.39, 0.29) is 10.6 Å². The molecule has 2 aromatic carbocycles. The second-order valence-electron chi connectivity index (χ2n) is 5.72. The van der Waals surface area contributed by atoms with Crippen molar-refractivity contribution in [3.05, 3.63) is 70.6 Å². The Morgan fingerprint density at radius 1 is 0.958 bits per heavy atom. The predicted octanol–water partition coefficient (Wildman–Crippen LogP) is 3.68. The molecule has 124 valence electrons. The Morgan fingerprint density at radius 2 is 1.67 bits per heavy atom. The van der Waals surface area contributed by atoms with Crippen LogP contribution < -0.4 is 9.81 Å². The lowest BCUT2D eigenvalue weighted by molar-refractivity contribution is 0.486. The first-order chi connectivity index (χ1) is 11.3. The molecule has 6 heteroatoms. The SMILES string of the molecule is CC(C)c1ccc(OS(=O)(=O)c2ccc3oc(=O)ccc3c2)cc1. The summed E-state index contributed by atoms with van der Waals surface area (Å²) < 4.78 is 35.0. The molecule has 1 aromatic heterocycles. The van der Waals surface area contributed by atoms with Crippen LogP contribution in [-0.2, 0) is 10.1 Å². The van der Waals surface area contributed by atoms with Crippen molar-refractivity contribution in [2.75, 3.05) is 0 Å². The normalized spacial score (nSPS) is 11.8. The fourth-order valence-corrected chi connectivity index (χ4v) is 3.26. The number of hydrogen-bond acceptors (Lipinski definition) is 5. The van der Waals surface area contributed by atoms with Gasteiger partial charge in [0.2, 0.25) is 0 Å². The highest BCUT2D eigenvalue weighted by atomic mass is 32.2. The quantitative estimate of drug-likeness (QED) is 0.533. The molecular weight excluding hydrogens is 328 g/mol. The van der Waals surface area contributed by atoms with Crippen molar-refractivity contribution in [3.63, 3.8) is 0 Å². The molecule has 0 fully saturated rings. The van der Waals surface area contributed by atoms with Gasteiger partial charge in [-0.25, -0.2) is 4.79 Å². The molecule has 0 atom stereocenters. The fourth-order valence-electron chi connectivity index (χ4n) is 2.29. The van der Waals surface area contributed by atoms with Gasteiger partial charge in [-0.05, 0) is 47.9 Å². The third-order valence-corrected chi connectivity index (χ3v) is 4.88. The summed E-state index contributed by atoms with van der Waals surface area (Å²) in [6.45, 7) is 4.11. The van der Waals surface area contributed by atoms with Gasteiger partial charge in [-0.3, -0.25) is 0 Å². The standard InChI is InChI=1S/C18H16O5S/c1-12(2)13-3-6-15(7-4-13)23-24(20,21)16-8-9-17-14(11-16)5-10-18(19)22-17/h3-12H,1-2H3. The van der Waals surface area contributed by atoms with E-state index in [2.05, 4.69) is 13.8 Å². The fraction of sp³-hybridized carbons (Fsp3) is 0.167. The molecule has 5 nitrogen and oxygen atoms in total. The minimum absolute atomic E-state index is 0.00298. The van der Waals surface area contributed by atoms with Crippen LogP contribution in [0.4, 0.5) is 0 Å². The largest absolute Gasteiger partial charge is 0.423 e. The summed E-state index contributed by atoms with van der Waals surface area (Å²) in [5.41, 5.74) is 0.933. The van der Waals surface area contributed by atoms with Crippen LogP contribution >= 0.6 is 0 Å². The lowest BCUT2D eigenvalue weighted by atomic mass is 10.0. The molecule has 0 saturated carbocycles. The van der Waals surface area contributed by atoms with Crippen LogP contribution in [0.3, 0.4) is 0 Å². The Kier molecular flexibility index (Phi) is 4.15. The van der Waals surface area contributed by atoms with Crippen LogP contribution in [0.2, 0.25) is 0 Å². The highest BCUT2D eigenvalue weighted by Crippen LogP contribution is 2.24. The lowest BCUT2D eigenvalue weighted by Crippen LogP contribution is -2.10.